The highest BCUT2D eigenvalue weighted by Gasteiger charge is 2.67. The molecule has 0 N–H and O–H groups in total. The van der Waals surface area contributed by atoms with Crippen LogP contribution in [-0.4, -0.2) is 0 Å². The summed E-state index contributed by atoms with van der Waals surface area (Å²) in [6.07, 6.45) is 0. The van der Waals surface area contributed by atoms with Gasteiger partial charge in [0.2, 0.25) is 0 Å². The van der Waals surface area contributed by atoms with E-state index in [9.17, 15) is 33.1 Å². The van der Waals surface area contributed by atoms with Crippen LogP contribution in [0.4, 0.5) is 33.1 Å². The molecule has 0 radical (unpaired) electrons. The fourth-order valence-corrected chi connectivity index (χ4v) is 2.18. The van der Waals surface area contributed by atoms with Crippen LogP contribution in [0.15, 0.2) is 11.0 Å². The second kappa shape index (κ2) is 2.76. The van der Waals surface area contributed by atoms with Crippen molar-refractivity contribution in [3.8, 4) is 0 Å². The maximum atomic E-state index is 12.6. The quantitative estimate of drug-likeness (QED) is 0.380. The third kappa shape index (κ3) is 2.34. The zero-order chi connectivity index (χ0) is 13.0. The molecule has 10 heteroatoms. The van der Waals surface area contributed by atoms with Gasteiger partial charge in [-0.05, 0) is 0 Å². The van der Waals surface area contributed by atoms with Crippen LogP contribution in [0.3, 0.4) is 0 Å². The van der Waals surface area contributed by atoms with E-state index in [2.05, 4.69) is 10.7 Å². The Labute approximate surface area is 87.7 Å². The molecule has 0 heterocycles. The topological polar surface area (TPSA) is 0 Å². The first kappa shape index (κ1) is 13.4. The van der Waals surface area contributed by atoms with Gasteiger partial charge in [-0.1, -0.05) is 0 Å². The molecule has 0 aliphatic carbocycles. The average molecular weight is 293 g/mol. The van der Waals surface area contributed by atoms with Crippen LogP contribution in [0.2, 0.25) is 0 Å². The van der Waals surface area contributed by atoms with E-state index in [1.165, 1.54) is 0 Å². The van der Waals surface area contributed by atoms with Gasteiger partial charge in [0.1, 0.15) is 0 Å². The standard InChI is InChI=1S/C6HClF8S/c7-16(12,13,14,15)6-3(9)1-2(8)4(10)5(6)11/h1H. The van der Waals surface area contributed by atoms with Crippen molar-refractivity contribution in [2.24, 2.45) is 0 Å². The first-order valence-electron chi connectivity index (χ1n) is 3.31. The van der Waals surface area contributed by atoms with Gasteiger partial charge in [-0.3, -0.25) is 0 Å². The minimum Gasteiger partial charge on any atom is -0.205 e. The van der Waals surface area contributed by atoms with Crippen LogP contribution in [0.1, 0.15) is 0 Å². The maximum Gasteiger partial charge on any atom is 0.259 e. The number of hydrogen-bond acceptors (Lipinski definition) is 0. The van der Waals surface area contributed by atoms with E-state index in [1.54, 1.807) is 0 Å². The molecule has 1 rings (SSSR count). The summed E-state index contributed by atoms with van der Waals surface area (Å²) in [6, 6.07) is -0.644. The second-order valence-electron chi connectivity index (χ2n) is 2.77. The number of halogens is 9. The summed E-state index contributed by atoms with van der Waals surface area (Å²) >= 11 is 0. The highest BCUT2D eigenvalue weighted by molar-refractivity contribution is 8.65. The van der Waals surface area contributed by atoms with Crippen LogP contribution >= 0.6 is 19.7 Å². The van der Waals surface area contributed by atoms with Gasteiger partial charge in [0.15, 0.2) is 28.2 Å². The van der Waals surface area contributed by atoms with Crippen LogP contribution in [0.5, 0.6) is 0 Å². The number of hydrogen-bond donors (Lipinski definition) is 0. The Kier molecular flexibility index (Phi) is 2.30. The average Bonchev–Trinajstić information content (AvgIpc) is 1.94. The molecule has 0 fully saturated rings. The normalized spacial score (nSPS) is 16.8. The predicted molar refractivity (Wildman–Crippen MR) is 42.4 cm³/mol. The summed E-state index contributed by atoms with van der Waals surface area (Å²) in [5.41, 5.74) is 0. The molecule has 16 heavy (non-hydrogen) atoms. The summed E-state index contributed by atoms with van der Waals surface area (Å²) in [7, 11) is -6.18. The molecule has 0 bridgehead atoms. The third-order valence-electron chi connectivity index (χ3n) is 1.46. The Balaban J connectivity index is 3.81. The van der Waals surface area contributed by atoms with Crippen LogP contribution in [0.25, 0.3) is 0 Å². The Morgan fingerprint density at radius 3 is 1.62 bits per heavy atom. The Hall–Kier alpha value is -0.700. The van der Waals surface area contributed by atoms with E-state index in [0.29, 0.717) is 0 Å². The molecule has 94 valence electrons. The number of benzene rings is 1. The first-order chi connectivity index (χ1) is 6.74. The zero-order valence-electron chi connectivity index (χ0n) is 6.89. The van der Waals surface area contributed by atoms with Crippen LogP contribution in [0, 0.1) is 23.3 Å². The molecular formula is C6HClF8S. The van der Waals surface area contributed by atoms with Gasteiger partial charge < -0.3 is 0 Å². The Morgan fingerprint density at radius 1 is 0.812 bits per heavy atom. The van der Waals surface area contributed by atoms with Crippen molar-refractivity contribution in [3.05, 3.63) is 29.3 Å². The third-order valence-corrected chi connectivity index (χ3v) is 3.07. The summed E-state index contributed by atoms with van der Waals surface area (Å²) in [4.78, 5) is -3.25. The molecule has 0 spiro atoms. The van der Waals surface area contributed by atoms with E-state index < -0.39 is 43.3 Å². The molecule has 1 aromatic rings. The van der Waals surface area contributed by atoms with E-state index in [1.807, 2.05) is 0 Å². The molecule has 0 amide bonds. The minimum atomic E-state index is -9.77. The summed E-state index contributed by atoms with van der Waals surface area (Å²) in [5, 5.41) is 0. The molecule has 0 nitrogen and oxygen atoms in total. The Morgan fingerprint density at radius 2 is 1.25 bits per heavy atom. The molecule has 0 atom stereocenters. The lowest BCUT2D eigenvalue weighted by molar-refractivity contribution is 0.389. The minimum absolute atomic E-state index is 0.644. The largest absolute Gasteiger partial charge is 0.259 e. The first-order valence-corrected chi connectivity index (χ1v) is 6.19. The number of rotatable bonds is 1. The van der Waals surface area contributed by atoms with E-state index in [4.69, 9.17) is 0 Å². The lowest BCUT2D eigenvalue weighted by Crippen LogP contribution is -2.12. The molecular weight excluding hydrogens is 292 g/mol. The maximum absolute atomic E-state index is 12.6. The van der Waals surface area contributed by atoms with Gasteiger partial charge in [-0.15, -0.1) is 15.5 Å². The van der Waals surface area contributed by atoms with E-state index in [-0.39, 0.29) is 0 Å². The molecule has 1 aromatic carbocycles. The van der Waals surface area contributed by atoms with Gasteiger partial charge in [-0.25, -0.2) is 17.6 Å². The monoisotopic (exact) mass is 292 g/mol. The van der Waals surface area contributed by atoms with Gasteiger partial charge in [-0.2, -0.15) is 0 Å². The van der Waals surface area contributed by atoms with Crippen molar-refractivity contribution in [2.75, 3.05) is 0 Å². The summed E-state index contributed by atoms with van der Waals surface area (Å²) < 4.78 is 99.7. The van der Waals surface area contributed by atoms with Crippen molar-refractivity contribution >= 4 is 19.7 Å². The van der Waals surface area contributed by atoms with Crippen molar-refractivity contribution in [3.63, 3.8) is 0 Å². The molecule has 0 saturated carbocycles. The van der Waals surface area contributed by atoms with E-state index in [0.717, 1.165) is 0 Å². The molecule has 0 aliphatic heterocycles. The van der Waals surface area contributed by atoms with Gasteiger partial charge in [0.25, 0.3) is 9.05 Å². The fourth-order valence-electron chi connectivity index (χ4n) is 0.903. The van der Waals surface area contributed by atoms with Crippen LogP contribution < -0.4 is 0 Å². The SMILES string of the molecule is Fc1cc(F)c(S(F)(F)(F)(F)Cl)c(F)c1F. The lowest BCUT2D eigenvalue weighted by Gasteiger charge is -2.42. The molecule has 0 saturated heterocycles. The highest BCUT2D eigenvalue weighted by Crippen LogP contribution is 3.04. The van der Waals surface area contributed by atoms with Crippen molar-refractivity contribution in [2.45, 2.75) is 4.90 Å². The fraction of sp³-hybridized carbons (Fsp3) is 0. The van der Waals surface area contributed by atoms with Crippen molar-refractivity contribution in [1.29, 1.82) is 0 Å². The summed E-state index contributed by atoms with van der Waals surface area (Å²) in [6.45, 7) is 0. The molecule has 0 aromatic heterocycles. The van der Waals surface area contributed by atoms with Gasteiger partial charge >= 0.3 is 0 Å². The van der Waals surface area contributed by atoms with Crippen LogP contribution in [-0.2, 0) is 0 Å². The molecule has 0 unspecified atom stereocenters. The van der Waals surface area contributed by atoms with Gasteiger partial charge in [0, 0.05) is 16.7 Å². The van der Waals surface area contributed by atoms with Gasteiger partial charge in [0.05, 0.1) is 0 Å². The predicted octanol–water partition coefficient (Wildman–Crippen LogP) is 5.17. The molecule has 0 aliphatic rings. The summed E-state index contributed by atoms with van der Waals surface area (Å²) in [5.74, 6) is -10.6. The zero-order valence-corrected chi connectivity index (χ0v) is 8.46. The second-order valence-corrected chi connectivity index (χ2v) is 6.98. The van der Waals surface area contributed by atoms with E-state index >= 15 is 0 Å². The highest BCUT2D eigenvalue weighted by atomic mass is 35.7. The Bertz CT molecular complexity index is 463. The van der Waals surface area contributed by atoms with Crippen molar-refractivity contribution in [1.82, 2.24) is 0 Å². The smallest absolute Gasteiger partial charge is 0.205 e. The van der Waals surface area contributed by atoms with Crippen molar-refractivity contribution < 1.29 is 33.1 Å². The lowest BCUT2D eigenvalue weighted by atomic mass is 10.3.